The summed E-state index contributed by atoms with van der Waals surface area (Å²) in [7, 11) is 0. The molecule has 0 aliphatic rings. The van der Waals surface area contributed by atoms with E-state index in [0.29, 0.717) is 5.89 Å². The largest absolute Gasteiger partial charge is 2.00 e. The number of para-hydroxylation sites is 1. The Labute approximate surface area is 286 Å². The van der Waals surface area contributed by atoms with Gasteiger partial charge in [0.25, 0.3) is 0 Å². The van der Waals surface area contributed by atoms with Gasteiger partial charge in [-0.15, -0.1) is 48.0 Å². The van der Waals surface area contributed by atoms with Gasteiger partial charge in [0.1, 0.15) is 11.5 Å². The van der Waals surface area contributed by atoms with Crippen LogP contribution in [0.1, 0.15) is 0 Å². The number of nitrogens with zero attached hydrogens (tertiary/aromatic N) is 3. The van der Waals surface area contributed by atoms with Gasteiger partial charge in [-0.3, -0.25) is 4.98 Å². The summed E-state index contributed by atoms with van der Waals surface area (Å²) in [6.07, 6.45) is 1.81. The fourth-order valence-electron chi connectivity index (χ4n) is 6.23. The third kappa shape index (κ3) is 5.17. The second-order valence-electron chi connectivity index (χ2n) is 11.3. The summed E-state index contributed by atoms with van der Waals surface area (Å²) in [6, 6.07) is 57.2. The fourth-order valence-corrected chi connectivity index (χ4v) is 6.23. The van der Waals surface area contributed by atoms with Crippen LogP contribution in [0.5, 0.6) is 0 Å². The maximum Gasteiger partial charge on any atom is 2.00 e. The molecule has 0 saturated heterocycles. The van der Waals surface area contributed by atoms with Crippen molar-refractivity contribution in [2.24, 2.45) is 0 Å². The molecule has 47 heavy (non-hydrogen) atoms. The minimum absolute atomic E-state index is 0. The Morgan fingerprint density at radius 2 is 1.30 bits per heavy atom. The van der Waals surface area contributed by atoms with Crippen molar-refractivity contribution in [1.29, 1.82) is 0 Å². The molecule has 0 aliphatic carbocycles. The van der Waals surface area contributed by atoms with E-state index in [4.69, 9.17) is 9.40 Å². The molecule has 0 saturated carbocycles. The predicted molar refractivity (Wildman–Crippen MR) is 186 cm³/mol. The Hall–Kier alpha value is -5.57. The van der Waals surface area contributed by atoms with Gasteiger partial charge in [0.05, 0.1) is 5.52 Å². The normalized spacial score (nSPS) is 11.2. The van der Waals surface area contributed by atoms with Crippen molar-refractivity contribution >= 4 is 32.9 Å². The van der Waals surface area contributed by atoms with E-state index in [1.54, 1.807) is 6.20 Å². The molecule has 0 fully saturated rings. The Balaban J connectivity index is 0.00000324. The molecule has 0 bridgehead atoms. The standard InChI is InChI=1S/C42H25N3O.Pt/c1-2-9-28(10-3-1)29-16-18-30(19-17-29)31-21-23-38-41(27-31)46-42(44-38)33-20-22-36-35-13-4-5-15-39(35)45(40(36)26-33)34-12-8-11-32(25-34)37-14-6-7-24-43-37;/h1-24,27H;/q-2;+2. The molecule has 5 heteroatoms. The van der Waals surface area contributed by atoms with Gasteiger partial charge in [0.15, 0.2) is 0 Å². The van der Waals surface area contributed by atoms with Crippen LogP contribution in [0.3, 0.4) is 0 Å². The molecule has 3 aromatic heterocycles. The minimum Gasteiger partial charge on any atom is -0.481 e. The molecule has 6 aromatic carbocycles. The summed E-state index contributed by atoms with van der Waals surface area (Å²) < 4.78 is 8.60. The first-order valence-electron chi connectivity index (χ1n) is 15.2. The number of pyridine rings is 1. The van der Waals surface area contributed by atoms with Crippen LogP contribution in [-0.4, -0.2) is 14.5 Å². The van der Waals surface area contributed by atoms with E-state index >= 15 is 0 Å². The average molecular weight is 783 g/mol. The first-order valence-corrected chi connectivity index (χ1v) is 15.2. The van der Waals surface area contributed by atoms with Crippen molar-refractivity contribution in [2.75, 3.05) is 0 Å². The molecule has 3 heterocycles. The number of oxazole rings is 1. The first kappa shape index (κ1) is 28.9. The quantitative estimate of drug-likeness (QED) is 0.163. The summed E-state index contributed by atoms with van der Waals surface area (Å²) in [6.45, 7) is 0. The molecule has 4 nitrogen and oxygen atoms in total. The van der Waals surface area contributed by atoms with Gasteiger partial charge < -0.3 is 14.0 Å². The van der Waals surface area contributed by atoms with E-state index < -0.39 is 0 Å². The molecule has 0 spiro atoms. The van der Waals surface area contributed by atoms with E-state index in [9.17, 15) is 0 Å². The zero-order valence-electron chi connectivity index (χ0n) is 25.0. The van der Waals surface area contributed by atoms with Gasteiger partial charge in [0, 0.05) is 11.7 Å². The molecule has 9 aromatic rings. The van der Waals surface area contributed by atoms with Crippen LogP contribution in [-0.2, 0) is 21.1 Å². The Bertz CT molecular complexity index is 2520. The fraction of sp³-hybridized carbons (Fsp3) is 0. The Morgan fingerprint density at radius 1 is 0.553 bits per heavy atom. The van der Waals surface area contributed by atoms with Crippen LogP contribution in [0.25, 0.3) is 83.6 Å². The van der Waals surface area contributed by atoms with Gasteiger partial charge in [-0.2, -0.15) is 0 Å². The van der Waals surface area contributed by atoms with Crippen LogP contribution in [0.15, 0.2) is 156 Å². The summed E-state index contributed by atoms with van der Waals surface area (Å²) in [5.41, 5.74) is 11.7. The number of benzene rings is 6. The molecule has 0 aliphatic heterocycles. The van der Waals surface area contributed by atoms with Crippen molar-refractivity contribution in [3.8, 4) is 50.7 Å². The molecule has 0 amide bonds. The summed E-state index contributed by atoms with van der Waals surface area (Å²) >= 11 is 0. The van der Waals surface area contributed by atoms with E-state index in [-0.39, 0.29) is 21.1 Å². The van der Waals surface area contributed by atoms with Crippen molar-refractivity contribution in [3.63, 3.8) is 0 Å². The van der Waals surface area contributed by atoms with E-state index in [0.717, 1.165) is 66.5 Å². The molecule has 0 N–H and O–H groups in total. The van der Waals surface area contributed by atoms with E-state index in [1.807, 2.05) is 48.5 Å². The van der Waals surface area contributed by atoms with Crippen LogP contribution in [0.2, 0.25) is 0 Å². The molecule has 0 radical (unpaired) electrons. The summed E-state index contributed by atoms with van der Waals surface area (Å²) in [5.74, 6) is 0.538. The van der Waals surface area contributed by atoms with Crippen molar-refractivity contribution in [2.45, 2.75) is 0 Å². The molecule has 0 unspecified atom stereocenters. The maximum absolute atomic E-state index is 6.39. The third-order valence-corrected chi connectivity index (χ3v) is 8.49. The predicted octanol–water partition coefficient (Wildman–Crippen LogP) is 10.6. The molecule has 9 rings (SSSR count). The summed E-state index contributed by atoms with van der Waals surface area (Å²) in [4.78, 5) is 9.41. The third-order valence-electron chi connectivity index (χ3n) is 8.49. The van der Waals surface area contributed by atoms with E-state index in [1.165, 1.54) is 11.1 Å². The Kier molecular flexibility index (Phi) is 7.36. The van der Waals surface area contributed by atoms with Gasteiger partial charge in [-0.25, -0.2) is 0 Å². The number of aromatic nitrogens is 3. The number of hydrogen-bond donors (Lipinski definition) is 0. The molecular weight excluding hydrogens is 758 g/mol. The number of fused-ring (bicyclic) bond motifs is 4. The first-order chi connectivity index (χ1) is 22.8. The SMILES string of the molecule is [Pt+2].[c-]1c(-c2ccccn2)cccc1-n1c2[c-]c(-c3nc4ccc(-c5ccc(-c6ccccc6)cc5)cc4o3)ccc2c2ccccc21. The zero-order chi connectivity index (χ0) is 30.5. The number of rotatable bonds is 5. The van der Waals surface area contributed by atoms with Crippen molar-refractivity contribution in [1.82, 2.24) is 14.5 Å². The van der Waals surface area contributed by atoms with Crippen molar-refractivity contribution < 1.29 is 25.5 Å². The van der Waals surface area contributed by atoms with Crippen LogP contribution in [0, 0.1) is 12.1 Å². The van der Waals surface area contributed by atoms with E-state index in [2.05, 4.69) is 119 Å². The molecular formula is C42H25N3OPt. The smallest absolute Gasteiger partial charge is 0.481 e. The van der Waals surface area contributed by atoms with Crippen LogP contribution < -0.4 is 0 Å². The zero-order valence-corrected chi connectivity index (χ0v) is 27.3. The summed E-state index contributed by atoms with van der Waals surface area (Å²) in [5, 5.41) is 2.26. The minimum atomic E-state index is 0. The van der Waals surface area contributed by atoms with Crippen molar-refractivity contribution in [3.05, 3.63) is 164 Å². The maximum atomic E-state index is 6.39. The van der Waals surface area contributed by atoms with Gasteiger partial charge in [-0.1, -0.05) is 102 Å². The average Bonchev–Trinajstić information content (AvgIpc) is 3.71. The Morgan fingerprint density at radius 3 is 2.13 bits per heavy atom. The number of hydrogen-bond acceptors (Lipinski definition) is 3. The van der Waals surface area contributed by atoms with Gasteiger partial charge in [-0.05, 0) is 68.8 Å². The second-order valence-corrected chi connectivity index (χ2v) is 11.3. The van der Waals surface area contributed by atoms with Crippen LogP contribution in [0.4, 0.5) is 0 Å². The molecule has 0 atom stereocenters. The second kappa shape index (κ2) is 12.0. The van der Waals surface area contributed by atoms with Gasteiger partial charge >= 0.3 is 21.1 Å². The van der Waals surface area contributed by atoms with Gasteiger partial charge in [0.2, 0.25) is 0 Å². The molecule has 224 valence electrons. The monoisotopic (exact) mass is 782 g/mol. The topological polar surface area (TPSA) is 43.9 Å². The van der Waals surface area contributed by atoms with Crippen LogP contribution >= 0.6 is 0 Å².